The lowest BCUT2D eigenvalue weighted by atomic mass is 10.0. The van der Waals surface area contributed by atoms with E-state index in [9.17, 15) is 4.79 Å². The molecule has 1 aromatic carbocycles. The van der Waals surface area contributed by atoms with Crippen LogP contribution in [0.5, 0.6) is 5.75 Å². The number of carbonyl (C=O) groups is 1. The Labute approximate surface area is 124 Å². The molecule has 0 spiro atoms. The summed E-state index contributed by atoms with van der Waals surface area (Å²) in [5.74, 6) is 0.343. The van der Waals surface area contributed by atoms with Crippen LogP contribution in [0.3, 0.4) is 0 Å². The SMILES string of the molecule is CCCC(C(=O)N1CCCOc2ccccc21)C(N)=S. The maximum atomic E-state index is 12.7. The van der Waals surface area contributed by atoms with Crippen LogP contribution in [0.2, 0.25) is 0 Å². The van der Waals surface area contributed by atoms with E-state index in [1.54, 1.807) is 4.90 Å². The highest BCUT2D eigenvalue weighted by Crippen LogP contribution is 2.32. The van der Waals surface area contributed by atoms with Crippen LogP contribution >= 0.6 is 12.2 Å². The zero-order valence-electron chi connectivity index (χ0n) is 11.7. The van der Waals surface area contributed by atoms with Crippen LogP contribution in [0, 0.1) is 5.92 Å². The van der Waals surface area contributed by atoms with Gasteiger partial charge in [0.25, 0.3) is 0 Å². The van der Waals surface area contributed by atoms with Gasteiger partial charge in [-0.3, -0.25) is 4.79 Å². The summed E-state index contributed by atoms with van der Waals surface area (Å²) in [6.07, 6.45) is 2.37. The molecule has 2 rings (SSSR count). The summed E-state index contributed by atoms with van der Waals surface area (Å²) in [5.41, 5.74) is 6.55. The number of fused-ring (bicyclic) bond motifs is 1. The van der Waals surface area contributed by atoms with E-state index < -0.39 is 0 Å². The number of nitrogens with two attached hydrogens (primary N) is 1. The third-order valence-corrected chi connectivity index (χ3v) is 3.71. The first-order chi connectivity index (χ1) is 9.65. The van der Waals surface area contributed by atoms with Crippen molar-refractivity contribution >= 4 is 28.8 Å². The summed E-state index contributed by atoms with van der Waals surface area (Å²) < 4.78 is 5.67. The number of thiocarbonyl (C=S) groups is 1. The molecule has 0 fully saturated rings. The number of hydrogen-bond donors (Lipinski definition) is 1. The molecule has 0 aliphatic carbocycles. The zero-order valence-corrected chi connectivity index (χ0v) is 12.5. The van der Waals surface area contributed by atoms with Gasteiger partial charge in [-0.25, -0.2) is 0 Å². The molecule has 1 aromatic rings. The van der Waals surface area contributed by atoms with Gasteiger partial charge in [0, 0.05) is 6.54 Å². The van der Waals surface area contributed by atoms with Crippen LogP contribution in [-0.4, -0.2) is 24.0 Å². The van der Waals surface area contributed by atoms with Gasteiger partial charge in [-0.2, -0.15) is 0 Å². The van der Waals surface area contributed by atoms with E-state index in [0.29, 0.717) is 19.6 Å². The maximum Gasteiger partial charge on any atom is 0.237 e. The first kappa shape index (κ1) is 14.8. The predicted octanol–water partition coefficient (Wildman–Crippen LogP) is 2.50. The van der Waals surface area contributed by atoms with Crippen molar-refractivity contribution in [2.24, 2.45) is 11.7 Å². The fourth-order valence-corrected chi connectivity index (χ4v) is 2.64. The van der Waals surface area contributed by atoms with Crippen LogP contribution in [0.4, 0.5) is 5.69 Å². The largest absolute Gasteiger partial charge is 0.491 e. The van der Waals surface area contributed by atoms with Crippen LogP contribution in [0.25, 0.3) is 0 Å². The smallest absolute Gasteiger partial charge is 0.237 e. The minimum atomic E-state index is -0.388. The minimum absolute atomic E-state index is 0.0164. The molecule has 1 atom stereocenters. The predicted molar refractivity (Wildman–Crippen MR) is 84.1 cm³/mol. The Kier molecular flexibility index (Phi) is 4.95. The molecule has 1 amide bonds. The van der Waals surface area contributed by atoms with E-state index in [0.717, 1.165) is 24.3 Å². The summed E-state index contributed by atoms with van der Waals surface area (Å²) in [4.78, 5) is 14.8. The van der Waals surface area contributed by atoms with Crippen LogP contribution in [0.1, 0.15) is 26.2 Å². The van der Waals surface area contributed by atoms with E-state index in [1.165, 1.54) is 0 Å². The summed E-state index contributed by atoms with van der Waals surface area (Å²) >= 11 is 5.06. The molecular weight excluding hydrogens is 272 g/mol. The Balaban J connectivity index is 2.31. The fraction of sp³-hybridized carbons (Fsp3) is 0.467. The lowest BCUT2D eigenvalue weighted by Gasteiger charge is -2.26. The van der Waals surface area contributed by atoms with Crippen molar-refractivity contribution in [3.8, 4) is 5.75 Å². The highest BCUT2D eigenvalue weighted by Gasteiger charge is 2.29. The number of para-hydroxylation sites is 2. The Morgan fingerprint density at radius 2 is 2.25 bits per heavy atom. The average molecular weight is 292 g/mol. The molecule has 5 heteroatoms. The van der Waals surface area contributed by atoms with Gasteiger partial charge in [0.05, 0.1) is 23.2 Å². The molecule has 2 N–H and O–H groups in total. The topological polar surface area (TPSA) is 55.6 Å². The standard InChI is InChI=1S/C15H20N2O2S/c1-2-6-11(14(16)20)15(18)17-9-5-10-19-13-8-4-3-7-12(13)17/h3-4,7-8,11H,2,5-6,9-10H2,1H3,(H2,16,20). The van der Waals surface area contributed by atoms with Crippen molar-refractivity contribution in [2.45, 2.75) is 26.2 Å². The first-order valence-corrected chi connectivity index (χ1v) is 7.38. The maximum absolute atomic E-state index is 12.7. The molecule has 1 unspecified atom stereocenters. The van der Waals surface area contributed by atoms with Gasteiger partial charge in [-0.05, 0) is 25.0 Å². The quantitative estimate of drug-likeness (QED) is 0.866. The Hall–Kier alpha value is -1.62. The van der Waals surface area contributed by atoms with Crippen molar-refractivity contribution in [2.75, 3.05) is 18.1 Å². The van der Waals surface area contributed by atoms with Crippen molar-refractivity contribution in [1.29, 1.82) is 0 Å². The van der Waals surface area contributed by atoms with Gasteiger partial charge in [0.1, 0.15) is 5.75 Å². The molecular formula is C15H20N2O2S. The molecule has 20 heavy (non-hydrogen) atoms. The number of benzene rings is 1. The third kappa shape index (κ3) is 3.10. The first-order valence-electron chi connectivity index (χ1n) is 6.97. The second kappa shape index (κ2) is 6.70. The minimum Gasteiger partial charge on any atom is -0.491 e. The number of anilines is 1. The molecule has 1 aliphatic rings. The van der Waals surface area contributed by atoms with E-state index in [-0.39, 0.29) is 16.8 Å². The normalized spacial score (nSPS) is 15.8. The molecule has 4 nitrogen and oxygen atoms in total. The van der Waals surface area contributed by atoms with Gasteiger partial charge in [-0.1, -0.05) is 37.7 Å². The molecule has 0 aromatic heterocycles. The van der Waals surface area contributed by atoms with Crippen molar-refractivity contribution in [3.05, 3.63) is 24.3 Å². The summed E-state index contributed by atoms with van der Waals surface area (Å²) in [6.45, 7) is 3.28. The van der Waals surface area contributed by atoms with Crippen LogP contribution in [-0.2, 0) is 4.79 Å². The number of nitrogens with zero attached hydrogens (tertiary/aromatic N) is 1. The van der Waals surface area contributed by atoms with Gasteiger partial charge < -0.3 is 15.4 Å². The molecule has 0 saturated carbocycles. The van der Waals surface area contributed by atoms with E-state index in [2.05, 4.69) is 0 Å². The molecule has 108 valence electrons. The summed E-state index contributed by atoms with van der Waals surface area (Å²) in [6, 6.07) is 7.60. The lowest BCUT2D eigenvalue weighted by molar-refractivity contribution is -0.120. The Bertz CT molecular complexity index is 504. The van der Waals surface area contributed by atoms with Crippen LogP contribution in [0.15, 0.2) is 24.3 Å². The highest BCUT2D eigenvalue weighted by molar-refractivity contribution is 7.80. The van der Waals surface area contributed by atoms with Gasteiger partial charge >= 0.3 is 0 Å². The number of hydrogen-bond acceptors (Lipinski definition) is 3. The highest BCUT2D eigenvalue weighted by atomic mass is 32.1. The number of carbonyl (C=O) groups excluding carboxylic acids is 1. The Morgan fingerprint density at radius 3 is 2.95 bits per heavy atom. The van der Waals surface area contributed by atoms with Gasteiger partial charge in [0.15, 0.2) is 0 Å². The van der Waals surface area contributed by atoms with E-state index in [4.69, 9.17) is 22.7 Å². The fourth-order valence-electron chi connectivity index (χ4n) is 2.42. The second-order valence-corrected chi connectivity index (χ2v) is 5.37. The molecule has 1 heterocycles. The van der Waals surface area contributed by atoms with E-state index >= 15 is 0 Å². The van der Waals surface area contributed by atoms with Gasteiger partial charge in [-0.15, -0.1) is 0 Å². The number of rotatable bonds is 4. The zero-order chi connectivity index (χ0) is 14.5. The number of amides is 1. The summed E-state index contributed by atoms with van der Waals surface area (Å²) in [5, 5.41) is 0. The molecule has 0 bridgehead atoms. The van der Waals surface area contributed by atoms with Crippen LogP contribution < -0.4 is 15.4 Å². The molecule has 0 saturated heterocycles. The summed E-state index contributed by atoms with van der Waals surface area (Å²) in [7, 11) is 0. The molecule has 0 radical (unpaired) electrons. The average Bonchev–Trinajstić information content (AvgIpc) is 2.66. The van der Waals surface area contributed by atoms with Crippen molar-refractivity contribution in [1.82, 2.24) is 0 Å². The number of ether oxygens (including phenoxy) is 1. The monoisotopic (exact) mass is 292 g/mol. The van der Waals surface area contributed by atoms with Crippen molar-refractivity contribution < 1.29 is 9.53 Å². The molecule has 1 aliphatic heterocycles. The van der Waals surface area contributed by atoms with Crippen molar-refractivity contribution in [3.63, 3.8) is 0 Å². The lowest BCUT2D eigenvalue weighted by Crippen LogP contribution is -2.41. The second-order valence-electron chi connectivity index (χ2n) is 4.90. The Morgan fingerprint density at radius 1 is 1.50 bits per heavy atom. The third-order valence-electron chi connectivity index (χ3n) is 3.42. The van der Waals surface area contributed by atoms with Gasteiger partial charge in [0.2, 0.25) is 5.91 Å². The van der Waals surface area contributed by atoms with E-state index in [1.807, 2.05) is 31.2 Å².